The van der Waals surface area contributed by atoms with Crippen LogP contribution in [0.5, 0.6) is 11.5 Å². The SMILES string of the molecule is CCCN1C(=O)C(=O)/C(=C(\O)c2cccc(OC)c2)C1c1cccc(OCC)c1. The lowest BCUT2D eigenvalue weighted by Gasteiger charge is -2.25. The number of methoxy groups -OCH3 is 1. The summed E-state index contributed by atoms with van der Waals surface area (Å²) in [4.78, 5) is 27.1. The minimum atomic E-state index is -0.689. The molecule has 152 valence electrons. The minimum Gasteiger partial charge on any atom is -0.507 e. The number of ether oxygens (including phenoxy) is 2. The first-order valence-electron chi connectivity index (χ1n) is 9.67. The van der Waals surface area contributed by atoms with Gasteiger partial charge in [-0.05, 0) is 43.2 Å². The molecule has 6 nitrogen and oxygen atoms in total. The van der Waals surface area contributed by atoms with Gasteiger partial charge in [0.1, 0.15) is 17.3 Å². The monoisotopic (exact) mass is 395 g/mol. The average Bonchev–Trinajstić information content (AvgIpc) is 2.99. The quantitative estimate of drug-likeness (QED) is 0.437. The van der Waals surface area contributed by atoms with Crippen LogP contribution < -0.4 is 9.47 Å². The van der Waals surface area contributed by atoms with Crippen molar-refractivity contribution in [3.63, 3.8) is 0 Å². The van der Waals surface area contributed by atoms with Crippen molar-refractivity contribution in [1.29, 1.82) is 0 Å². The van der Waals surface area contributed by atoms with Gasteiger partial charge < -0.3 is 19.5 Å². The van der Waals surface area contributed by atoms with E-state index in [1.807, 2.05) is 38.1 Å². The van der Waals surface area contributed by atoms with Gasteiger partial charge in [-0.3, -0.25) is 9.59 Å². The molecule has 0 aromatic heterocycles. The highest BCUT2D eigenvalue weighted by molar-refractivity contribution is 6.46. The number of hydrogen-bond donors (Lipinski definition) is 1. The molecule has 2 aromatic carbocycles. The van der Waals surface area contributed by atoms with Crippen LogP contribution in [0.1, 0.15) is 37.4 Å². The molecule has 1 N–H and O–H groups in total. The van der Waals surface area contributed by atoms with Gasteiger partial charge in [-0.1, -0.05) is 31.2 Å². The van der Waals surface area contributed by atoms with Crippen molar-refractivity contribution in [3.05, 3.63) is 65.2 Å². The Morgan fingerprint density at radius 1 is 1.07 bits per heavy atom. The molecule has 2 aromatic rings. The number of aliphatic hydroxyl groups excluding tert-OH is 1. The Kier molecular flexibility index (Phi) is 6.22. The topological polar surface area (TPSA) is 76.1 Å². The minimum absolute atomic E-state index is 0.0744. The Bertz CT molecular complexity index is 950. The molecule has 1 atom stereocenters. The van der Waals surface area contributed by atoms with Crippen molar-refractivity contribution in [2.75, 3.05) is 20.3 Å². The molecule has 1 amide bonds. The zero-order valence-electron chi connectivity index (χ0n) is 16.8. The van der Waals surface area contributed by atoms with E-state index < -0.39 is 17.7 Å². The third kappa shape index (κ3) is 3.97. The number of amides is 1. The fraction of sp³-hybridized carbons (Fsp3) is 0.304. The predicted molar refractivity (Wildman–Crippen MR) is 110 cm³/mol. The Morgan fingerprint density at radius 2 is 1.79 bits per heavy atom. The lowest BCUT2D eigenvalue weighted by molar-refractivity contribution is -0.139. The van der Waals surface area contributed by atoms with E-state index in [-0.39, 0.29) is 11.3 Å². The number of benzene rings is 2. The fourth-order valence-corrected chi connectivity index (χ4v) is 3.57. The number of likely N-dealkylation sites (tertiary alicyclic amines) is 1. The molecular formula is C23H25NO5. The lowest BCUT2D eigenvalue weighted by Crippen LogP contribution is -2.30. The Morgan fingerprint density at radius 3 is 2.48 bits per heavy atom. The van der Waals surface area contributed by atoms with Gasteiger partial charge in [0.05, 0.1) is 25.3 Å². The molecule has 1 heterocycles. The van der Waals surface area contributed by atoms with E-state index >= 15 is 0 Å². The van der Waals surface area contributed by atoms with Crippen molar-refractivity contribution >= 4 is 17.4 Å². The number of ketones is 1. The molecule has 0 saturated carbocycles. The number of aliphatic hydroxyl groups is 1. The summed E-state index contributed by atoms with van der Waals surface area (Å²) in [7, 11) is 1.53. The van der Waals surface area contributed by atoms with Crippen LogP contribution in [0.2, 0.25) is 0 Å². The standard InChI is InChI=1S/C23H25NO5/c1-4-12-24-20(15-8-6-11-18(13-15)29-5-2)19(22(26)23(24)27)21(25)16-9-7-10-17(14-16)28-3/h6-11,13-14,20,25H,4-5,12H2,1-3H3/b21-19-. The van der Waals surface area contributed by atoms with Crippen molar-refractivity contribution < 1.29 is 24.2 Å². The smallest absolute Gasteiger partial charge is 0.295 e. The first-order valence-corrected chi connectivity index (χ1v) is 9.67. The summed E-state index contributed by atoms with van der Waals surface area (Å²) in [6, 6.07) is 13.4. The van der Waals surface area contributed by atoms with Crippen molar-refractivity contribution in [3.8, 4) is 11.5 Å². The summed E-state index contributed by atoms with van der Waals surface area (Å²) in [5.41, 5.74) is 1.21. The van der Waals surface area contributed by atoms with Crippen LogP contribution >= 0.6 is 0 Å². The molecular weight excluding hydrogens is 370 g/mol. The van der Waals surface area contributed by atoms with Gasteiger partial charge in [0, 0.05) is 12.1 Å². The Hall–Kier alpha value is -3.28. The molecule has 1 aliphatic heterocycles. The molecule has 29 heavy (non-hydrogen) atoms. The summed E-state index contributed by atoms with van der Waals surface area (Å²) >= 11 is 0. The van der Waals surface area contributed by atoms with Gasteiger partial charge in [-0.25, -0.2) is 0 Å². The van der Waals surface area contributed by atoms with E-state index in [1.165, 1.54) is 12.0 Å². The molecule has 0 spiro atoms. The van der Waals surface area contributed by atoms with E-state index in [2.05, 4.69) is 0 Å². The molecule has 1 fully saturated rings. The first-order chi connectivity index (χ1) is 14.0. The second kappa shape index (κ2) is 8.82. The van der Waals surface area contributed by atoms with E-state index in [1.54, 1.807) is 24.3 Å². The van der Waals surface area contributed by atoms with Gasteiger partial charge in [-0.15, -0.1) is 0 Å². The molecule has 1 aliphatic rings. The van der Waals surface area contributed by atoms with Gasteiger partial charge in [0.15, 0.2) is 0 Å². The fourth-order valence-electron chi connectivity index (χ4n) is 3.57. The van der Waals surface area contributed by atoms with Crippen LogP contribution in [-0.4, -0.2) is 42.0 Å². The van der Waals surface area contributed by atoms with Gasteiger partial charge >= 0.3 is 0 Å². The number of Topliss-reactive ketones (excluding diaryl/α,β-unsaturated/α-hetero) is 1. The van der Waals surface area contributed by atoms with Gasteiger partial charge in [0.2, 0.25) is 0 Å². The molecule has 0 radical (unpaired) electrons. The first kappa shape index (κ1) is 20.5. The van der Waals surface area contributed by atoms with E-state index in [0.717, 1.165) is 0 Å². The maximum Gasteiger partial charge on any atom is 0.295 e. The molecule has 3 rings (SSSR count). The number of carbonyl (C=O) groups excluding carboxylic acids is 2. The maximum absolute atomic E-state index is 12.9. The zero-order chi connectivity index (χ0) is 21.0. The van der Waals surface area contributed by atoms with Crippen molar-refractivity contribution in [2.45, 2.75) is 26.3 Å². The van der Waals surface area contributed by atoms with Crippen molar-refractivity contribution in [2.24, 2.45) is 0 Å². The van der Waals surface area contributed by atoms with Crippen LogP contribution in [0.15, 0.2) is 54.1 Å². The highest BCUT2D eigenvalue weighted by atomic mass is 16.5. The average molecular weight is 395 g/mol. The lowest BCUT2D eigenvalue weighted by atomic mass is 9.95. The summed E-state index contributed by atoms with van der Waals surface area (Å²) in [5.74, 6) is -0.318. The highest BCUT2D eigenvalue weighted by Gasteiger charge is 2.45. The summed E-state index contributed by atoms with van der Waals surface area (Å²) in [6.45, 7) is 4.74. The molecule has 0 bridgehead atoms. The normalized spacial score (nSPS) is 18.2. The summed E-state index contributed by atoms with van der Waals surface area (Å²) in [5, 5.41) is 11.0. The third-order valence-corrected chi connectivity index (χ3v) is 4.83. The zero-order valence-corrected chi connectivity index (χ0v) is 16.8. The molecule has 1 unspecified atom stereocenters. The van der Waals surface area contributed by atoms with Crippen LogP contribution in [0, 0.1) is 0 Å². The molecule has 1 saturated heterocycles. The largest absolute Gasteiger partial charge is 0.507 e. The van der Waals surface area contributed by atoms with Crippen molar-refractivity contribution in [1.82, 2.24) is 4.90 Å². The summed E-state index contributed by atoms with van der Waals surface area (Å²) < 4.78 is 10.8. The maximum atomic E-state index is 12.9. The van der Waals surface area contributed by atoms with E-state index in [4.69, 9.17) is 9.47 Å². The van der Waals surface area contributed by atoms with E-state index in [9.17, 15) is 14.7 Å². The van der Waals surface area contributed by atoms with Crippen LogP contribution in [0.3, 0.4) is 0 Å². The Labute approximate surface area is 170 Å². The van der Waals surface area contributed by atoms with Crippen LogP contribution in [-0.2, 0) is 9.59 Å². The molecule has 6 heteroatoms. The second-order valence-electron chi connectivity index (χ2n) is 6.73. The number of carbonyl (C=O) groups is 2. The molecule has 0 aliphatic carbocycles. The third-order valence-electron chi connectivity index (χ3n) is 4.83. The van der Waals surface area contributed by atoms with Crippen LogP contribution in [0.4, 0.5) is 0 Å². The van der Waals surface area contributed by atoms with Gasteiger partial charge in [0.25, 0.3) is 11.7 Å². The number of nitrogens with zero attached hydrogens (tertiary/aromatic N) is 1. The van der Waals surface area contributed by atoms with Crippen LogP contribution in [0.25, 0.3) is 5.76 Å². The second-order valence-corrected chi connectivity index (χ2v) is 6.73. The van der Waals surface area contributed by atoms with Gasteiger partial charge in [-0.2, -0.15) is 0 Å². The number of rotatable bonds is 7. The summed E-state index contributed by atoms with van der Waals surface area (Å²) in [6.07, 6.45) is 0.688. The Balaban J connectivity index is 2.17. The van der Waals surface area contributed by atoms with E-state index in [0.29, 0.717) is 42.2 Å². The highest BCUT2D eigenvalue weighted by Crippen LogP contribution is 2.40. The number of hydrogen-bond acceptors (Lipinski definition) is 5. The predicted octanol–water partition coefficient (Wildman–Crippen LogP) is 3.93.